The molecule has 0 saturated carbocycles. The van der Waals surface area contributed by atoms with Gasteiger partial charge < -0.3 is 20.3 Å². The van der Waals surface area contributed by atoms with Crippen LogP contribution < -0.4 is 20.3 Å². The molecule has 2 N–H and O–H groups in total. The zero-order valence-corrected chi connectivity index (χ0v) is 19.5. The SMILES string of the molecule is COc1cncc(CNC(=O)c2cncc(-c3cc(F)cc(F)c3)c2N2CC[C@@]3(CCCN3)C2)c1. The van der Waals surface area contributed by atoms with Gasteiger partial charge in [0, 0.05) is 55.4 Å². The number of pyridine rings is 2. The van der Waals surface area contributed by atoms with E-state index in [0.29, 0.717) is 34.7 Å². The van der Waals surface area contributed by atoms with E-state index in [0.717, 1.165) is 44.0 Å². The van der Waals surface area contributed by atoms with Gasteiger partial charge in [0.2, 0.25) is 0 Å². The number of methoxy groups -OCH3 is 1. The van der Waals surface area contributed by atoms with Crippen LogP contribution in [0.3, 0.4) is 0 Å². The summed E-state index contributed by atoms with van der Waals surface area (Å²) in [5.41, 5.74) is 2.64. The first kappa shape index (κ1) is 23.2. The molecule has 7 nitrogen and oxygen atoms in total. The number of nitrogens with zero attached hydrogens (tertiary/aromatic N) is 3. The lowest BCUT2D eigenvalue weighted by Gasteiger charge is -2.28. The summed E-state index contributed by atoms with van der Waals surface area (Å²) in [6, 6.07) is 5.18. The maximum absolute atomic E-state index is 14.1. The molecule has 0 radical (unpaired) electrons. The van der Waals surface area contributed by atoms with Gasteiger partial charge in [0.1, 0.15) is 17.4 Å². The maximum Gasteiger partial charge on any atom is 0.255 e. The molecule has 2 aromatic heterocycles. The number of ether oxygens (including phenoxy) is 1. The Kier molecular flexibility index (Phi) is 6.34. The third-order valence-corrected chi connectivity index (χ3v) is 6.80. The van der Waals surface area contributed by atoms with Gasteiger partial charge in [-0.25, -0.2) is 8.78 Å². The fraction of sp³-hybridized carbons (Fsp3) is 0.346. The molecule has 0 bridgehead atoms. The van der Waals surface area contributed by atoms with E-state index in [9.17, 15) is 13.6 Å². The molecular formula is C26H27F2N5O2. The predicted octanol–water partition coefficient (Wildman–Crippen LogP) is 3.69. The fourth-order valence-corrected chi connectivity index (χ4v) is 5.11. The molecule has 2 fully saturated rings. The summed E-state index contributed by atoms with van der Waals surface area (Å²) >= 11 is 0. The Morgan fingerprint density at radius 1 is 1.11 bits per heavy atom. The third kappa shape index (κ3) is 4.81. The molecule has 0 aliphatic carbocycles. The summed E-state index contributed by atoms with van der Waals surface area (Å²) < 4.78 is 33.4. The van der Waals surface area contributed by atoms with Crippen molar-refractivity contribution in [3.05, 3.63) is 71.8 Å². The van der Waals surface area contributed by atoms with Crippen molar-refractivity contribution in [2.24, 2.45) is 0 Å². The van der Waals surface area contributed by atoms with Crippen LogP contribution in [0.2, 0.25) is 0 Å². The second-order valence-corrected chi connectivity index (χ2v) is 9.14. The van der Waals surface area contributed by atoms with Crippen molar-refractivity contribution in [1.82, 2.24) is 20.6 Å². The van der Waals surface area contributed by atoms with Crippen molar-refractivity contribution in [3.8, 4) is 16.9 Å². The number of amides is 1. The molecule has 5 rings (SSSR count). The molecule has 4 heterocycles. The molecule has 1 atom stereocenters. The molecule has 1 aromatic carbocycles. The highest BCUT2D eigenvalue weighted by Gasteiger charge is 2.41. The van der Waals surface area contributed by atoms with E-state index < -0.39 is 11.6 Å². The zero-order chi connectivity index (χ0) is 24.4. The second kappa shape index (κ2) is 9.58. The smallest absolute Gasteiger partial charge is 0.255 e. The average molecular weight is 480 g/mol. The monoisotopic (exact) mass is 479 g/mol. The Balaban J connectivity index is 1.50. The molecule has 1 spiro atoms. The van der Waals surface area contributed by atoms with Gasteiger partial charge in [-0.3, -0.25) is 14.8 Å². The number of benzene rings is 1. The van der Waals surface area contributed by atoms with E-state index in [4.69, 9.17) is 4.74 Å². The van der Waals surface area contributed by atoms with Crippen molar-refractivity contribution < 1.29 is 18.3 Å². The molecule has 0 unspecified atom stereocenters. The van der Waals surface area contributed by atoms with Crippen LogP contribution >= 0.6 is 0 Å². The van der Waals surface area contributed by atoms with Crippen molar-refractivity contribution in [2.45, 2.75) is 31.3 Å². The Morgan fingerprint density at radius 3 is 2.66 bits per heavy atom. The number of carbonyl (C=O) groups is 1. The highest BCUT2D eigenvalue weighted by molar-refractivity contribution is 6.03. The maximum atomic E-state index is 14.1. The third-order valence-electron chi connectivity index (χ3n) is 6.80. The normalized spacial score (nSPS) is 19.3. The Labute approximate surface area is 202 Å². The van der Waals surface area contributed by atoms with Crippen molar-refractivity contribution in [2.75, 3.05) is 31.6 Å². The Morgan fingerprint density at radius 2 is 1.91 bits per heavy atom. The molecule has 9 heteroatoms. The number of aromatic nitrogens is 2. The quantitative estimate of drug-likeness (QED) is 0.562. The van der Waals surface area contributed by atoms with E-state index in [1.165, 1.54) is 18.3 Å². The van der Waals surface area contributed by atoms with Crippen molar-refractivity contribution >= 4 is 11.6 Å². The van der Waals surface area contributed by atoms with Gasteiger partial charge in [0.15, 0.2) is 0 Å². The molecule has 1 amide bonds. The van der Waals surface area contributed by atoms with Gasteiger partial charge in [0.05, 0.1) is 24.6 Å². The Bertz CT molecular complexity index is 1230. The van der Waals surface area contributed by atoms with E-state index in [1.807, 2.05) is 0 Å². The molecular weight excluding hydrogens is 452 g/mol. The lowest BCUT2D eigenvalue weighted by Crippen LogP contribution is -2.42. The van der Waals surface area contributed by atoms with Crippen LogP contribution in [-0.4, -0.2) is 48.2 Å². The van der Waals surface area contributed by atoms with Crippen LogP contribution in [0.5, 0.6) is 5.75 Å². The summed E-state index contributed by atoms with van der Waals surface area (Å²) in [4.78, 5) is 23.9. The number of carbonyl (C=O) groups excluding carboxylic acids is 1. The molecule has 35 heavy (non-hydrogen) atoms. The largest absolute Gasteiger partial charge is 0.495 e. The highest BCUT2D eigenvalue weighted by Crippen LogP contribution is 2.40. The van der Waals surface area contributed by atoms with Crippen LogP contribution in [0.25, 0.3) is 11.1 Å². The predicted molar refractivity (Wildman–Crippen MR) is 128 cm³/mol. The van der Waals surface area contributed by atoms with Crippen molar-refractivity contribution in [1.29, 1.82) is 0 Å². The lowest BCUT2D eigenvalue weighted by molar-refractivity contribution is 0.0951. The van der Waals surface area contributed by atoms with Gasteiger partial charge in [-0.2, -0.15) is 0 Å². The Hall–Kier alpha value is -3.59. The van der Waals surface area contributed by atoms with Gasteiger partial charge >= 0.3 is 0 Å². The van der Waals surface area contributed by atoms with Gasteiger partial charge in [-0.1, -0.05) is 0 Å². The summed E-state index contributed by atoms with van der Waals surface area (Å²) in [6.45, 7) is 2.64. The highest BCUT2D eigenvalue weighted by atomic mass is 19.1. The van der Waals surface area contributed by atoms with E-state index in [1.54, 1.807) is 31.8 Å². The first-order valence-electron chi connectivity index (χ1n) is 11.7. The molecule has 2 saturated heterocycles. The average Bonchev–Trinajstić information content (AvgIpc) is 3.51. The van der Waals surface area contributed by atoms with Crippen LogP contribution in [0, 0.1) is 11.6 Å². The second-order valence-electron chi connectivity index (χ2n) is 9.14. The minimum atomic E-state index is -0.679. The van der Waals surface area contributed by atoms with E-state index in [2.05, 4.69) is 25.5 Å². The number of nitrogens with one attached hydrogen (secondary N) is 2. The first-order valence-corrected chi connectivity index (χ1v) is 11.7. The van der Waals surface area contributed by atoms with E-state index >= 15 is 0 Å². The van der Waals surface area contributed by atoms with Crippen LogP contribution in [0.1, 0.15) is 35.2 Å². The number of halogens is 2. The minimum Gasteiger partial charge on any atom is -0.495 e. The summed E-state index contributed by atoms with van der Waals surface area (Å²) in [5.74, 6) is -1.08. The molecule has 182 valence electrons. The summed E-state index contributed by atoms with van der Waals surface area (Å²) in [6.07, 6.45) is 9.43. The fourth-order valence-electron chi connectivity index (χ4n) is 5.11. The zero-order valence-electron chi connectivity index (χ0n) is 19.5. The number of hydrogen-bond acceptors (Lipinski definition) is 6. The number of anilines is 1. The van der Waals surface area contributed by atoms with Crippen LogP contribution in [0.4, 0.5) is 14.5 Å². The topological polar surface area (TPSA) is 79.4 Å². The molecule has 2 aliphatic heterocycles. The summed E-state index contributed by atoms with van der Waals surface area (Å²) in [5, 5.41) is 6.55. The molecule has 3 aromatic rings. The summed E-state index contributed by atoms with van der Waals surface area (Å²) in [7, 11) is 1.56. The van der Waals surface area contributed by atoms with Gasteiger partial charge in [0.25, 0.3) is 5.91 Å². The van der Waals surface area contributed by atoms with Gasteiger partial charge in [-0.15, -0.1) is 0 Å². The van der Waals surface area contributed by atoms with Crippen LogP contribution in [0.15, 0.2) is 49.1 Å². The van der Waals surface area contributed by atoms with E-state index in [-0.39, 0.29) is 18.0 Å². The first-order chi connectivity index (χ1) is 17.0. The molecule has 2 aliphatic rings. The standard InChI is InChI=1S/C26H27F2N5O2/c1-35-21-7-17(11-29-13-21)12-31-25(34)23-15-30-14-22(18-8-19(27)10-20(28)9-18)24(23)33-6-4-26(16-33)3-2-5-32-26/h7-11,13-15,32H,2-6,12,16H2,1H3,(H,31,34)/t26-/m0/s1. The minimum absolute atomic E-state index is 0.00621. The van der Waals surface area contributed by atoms with Crippen LogP contribution in [-0.2, 0) is 6.54 Å². The number of hydrogen-bond donors (Lipinski definition) is 2. The lowest BCUT2D eigenvalue weighted by atomic mass is 9.96. The van der Waals surface area contributed by atoms with Gasteiger partial charge in [-0.05, 0) is 55.1 Å². The van der Waals surface area contributed by atoms with Crippen molar-refractivity contribution in [3.63, 3.8) is 0 Å². The number of rotatable bonds is 6.